The largest absolute Gasteiger partial charge is 0.480 e. The van der Waals surface area contributed by atoms with Crippen LogP contribution in [0.4, 0.5) is 0 Å². The molecule has 24 heavy (non-hydrogen) atoms. The first-order valence-electron chi connectivity index (χ1n) is 7.69. The number of morpholine rings is 1. The molecule has 0 bridgehead atoms. The number of aromatic nitrogens is 2. The molecular weight excluding hydrogens is 316 g/mol. The Morgan fingerprint density at radius 3 is 2.79 bits per heavy atom. The number of nitrogens with zero attached hydrogens (tertiary/aromatic N) is 4. The summed E-state index contributed by atoms with van der Waals surface area (Å²) in [7, 11) is 1.79. The van der Waals surface area contributed by atoms with Crippen molar-refractivity contribution in [3.8, 4) is 0 Å². The number of carbonyl (C=O) groups excluding carboxylic acids is 2. The molecule has 132 valence electrons. The van der Waals surface area contributed by atoms with E-state index in [4.69, 9.17) is 9.84 Å². The van der Waals surface area contributed by atoms with Gasteiger partial charge in [0.25, 0.3) is 0 Å². The number of amides is 2. The quantitative estimate of drug-likeness (QED) is 0.722. The number of hydrogen-bond acceptors (Lipinski definition) is 5. The van der Waals surface area contributed by atoms with Gasteiger partial charge in [-0.2, -0.15) is 5.10 Å². The van der Waals surface area contributed by atoms with E-state index in [0.29, 0.717) is 19.7 Å². The van der Waals surface area contributed by atoms with E-state index in [1.807, 2.05) is 0 Å². The zero-order valence-electron chi connectivity index (χ0n) is 13.8. The lowest BCUT2D eigenvalue weighted by atomic mass is 10.2. The van der Waals surface area contributed by atoms with E-state index < -0.39 is 5.97 Å². The highest BCUT2D eigenvalue weighted by atomic mass is 16.5. The minimum atomic E-state index is -1.08. The highest BCUT2D eigenvalue weighted by molar-refractivity contribution is 5.80. The van der Waals surface area contributed by atoms with Crippen LogP contribution in [0.5, 0.6) is 0 Å². The van der Waals surface area contributed by atoms with Gasteiger partial charge in [-0.3, -0.25) is 19.1 Å². The number of ether oxygens (including phenoxy) is 1. The molecule has 1 atom stereocenters. The Hall–Kier alpha value is -2.42. The second-order valence-corrected chi connectivity index (χ2v) is 5.82. The topological polar surface area (TPSA) is 105 Å². The molecule has 0 aliphatic carbocycles. The molecule has 0 saturated carbocycles. The summed E-state index contributed by atoms with van der Waals surface area (Å²) in [6.45, 7) is 2.27. The SMILES string of the molecule is CC(=O)N(CC(=O)O)CC1CN(C(=O)Cc2cnn(C)c2)CCO1. The standard InChI is InChI=1S/C15H22N4O5/c1-11(20)19(10-15(22)23)9-13-8-18(3-4-24-13)14(21)5-12-6-16-17(2)7-12/h6-7,13H,3-5,8-10H2,1-2H3,(H,22,23). The van der Waals surface area contributed by atoms with Gasteiger partial charge >= 0.3 is 5.97 Å². The summed E-state index contributed by atoms with van der Waals surface area (Å²) in [5.41, 5.74) is 0.835. The minimum Gasteiger partial charge on any atom is -0.480 e. The van der Waals surface area contributed by atoms with Crippen molar-refractivity contribution in [1.29, 1.82) is 0 Å². The second-order valence-electron chi connectivity index (χ2n) is 5.82. The first-order chi connectivity index (χ1) is 11.3. The number of carboxylic acid groups (broad SMARTS) is 1. The van der Waals surface area contributed by atoms with Crippen molar-refractivity contribution in [3.63, 3.8) is 0 Å². The van der Waals surface area contributed by atoms with Crippen molar-refractivity contribution < 1.29 is 24.2 Å². The maximum Gasteiger partial charge on any atom is 0.323 e. The zero-order valence-corrected chi connectivity index (χ0v) is 13.8. The van der Waals surface area contributed by atoms with Crippen molar-refractivity contribution in [2.75, 3.05) is 32.8 Å². The molecule has 0 spiro atoms. The fourth-order valence-electron chi connectivity index (χ4n) is 2.62. The van der Waals surface area contributed by atoms with Crippen molar-refractivity contribution in [2.24, 2.45) is 7.05 Å². The third kappa shape index (κ3) is 5.05. The summed E-state index contributed by atoms with van der Waals surface area (Å²) in [4.78, 5) is 37.6. The molecule has 1 aromatic heterocycles. The Morgan fingerprint density at radius 2 is 2.21 bits per heavy atom. The number of aliphatic carboxylic acids is 1. The third-order valence-corrected chi connectivity index (χ3v) is 3.80. The van der Waals surface area contributed by atoms with Gasteiger partial charge in [-0.1, -0.05) is 0 Å². The van der Waals surface area contributed by atoms with Gasteiger partial charge < -0.3 is 19.6 Å². The van der Waals surface area contributed by atoms with E-state index in [9.17, 15) is 14.4 Å². The van der Waals surface area contributed by atoms with Gasteiger partial charge in [0.2, 0.25) is 11.8 Å². The van der Waals surface area contributed by atoms with Crippen LogP contribution >= 0.6 is 0 Å². The number of rotatable bonds is 6. The summed E-state index contributed by atoms with van der Waals surface area (Å²) in [6.07, 6.45) is 3.31. The van der Waals surface area contributed by atoms with Crippen LogP contribution in [0.15, 0.2) is 12.4 Å². The van der Waals surface area contributed by atoms with Crippen LogP contribution in [0, 0.1) is 0 Å². The Bertz CT molecular complexity index is 615. The predicted octanol–water partition coefficient (Wildman–Crippen LogP) is -0.877. The lowest BCUT2D eigenvalue weighted by Crippen LogP contribution is -2.51. The average Bonchev–Trinajstić information content (AvgIpc) is 2.91. The molecule has 1 aromatic rings. The van der Waals surface area contributed by atoms with Crippen LogP contribution in [0.3, 0.4) is 0 Å². The van der Waals surface area contributed by atoms with Crippen molar-refractivity contribution in [3.05, 3.63) is 18.0 Å². The summed E-state index contributed by atoms with van der Waals surface area (Å²) < 4.78 is 7.22. The fraction of sp³-hybridized carbons (Fsp3) is 0.600. The van der Waals surface area contributed by atoms with Gasteiger partial charge in [0.05, 0.1) is 25.3 Å². The lowest BCUT2D eigenvalue weighted by molar-refractivity contribution is -0.147. The molecule has 2 rings (SSSR count). The van der Waals surface area contributed by atoms with E-state index in [0.717, 1.165) is 5.56 Å². The van der Waals surface area contributed by atoms with Crippen LogP contribution in [-0.2, 0) is 32.6 Å². The Labute approximate surface area is 139 Å². The minimum absolute atomic E-state index is 0.0380. The Morgan fingerprint density at radius 1 is 1.46 bits per heavy atom. The molecular formula is C15H22N4O5. The van der Waals surface area contributed by atoms with Gasteiger partial charge in [-0.05, 0) is 5.56 Å². The van der Waals surface area contributed by atoms with Gasteiger partial charge in [0.15, 0.2) is 0 Å². The first-order valence-corrected chi connectivity index (χ1v) is 7.69. The van der Waals surface area contributed by atoms with Gasteiger partial charge in [0.1, 0.15) is 6.54 Å². The second kappa shape index (κ2) is 7.91. The monoisotopic (exact) mass is 338 g/mol. The van der Waals surface area contributed by atoms with Gasteiger partial charge in [-0.15, -0.1) is 0 Å². The maximum atomic E-state index is 12.4. The molecule has 0 radical (unpaired) electrons. The Balaban J connectivity index is 1.91. The molecule has 9 nitrogen and oxygen atoms in total. The lowest BCUT2D eigenvalue weighted by Gasteiger charge is -2.35. The number of carbonyl (C=O) groups is 3. The molecule has 1 fully saturated rings. The summed E-state index contributed by atoms with van der Waals surface area (Å²) >= 11 is 0. The molecule has 1 saturated heterocycles. The van der Waals surface area contributed by atoms with Gasteiger partial charge in [0, 0.05) is 39.8 Å². The van der Waals surface area contributed by atoms with Crippen molar-refractivity contribution in [2.45, 2.75) is 19.4 Å². The van der Waals surface area contributed by atoms with Crippen LogP contribution in [0.2, 0.25) is 0 Å². The summed E-state index contributed by atoms with van der Waals surface area (Å²) in [5, 5.41) is 12.9. The first kappa shape index (κ1) is 17.9. The molecule has 1 aliphatic heterocycles. The van der Waals surface area contributed by atoms with E-state index in [2.05, 4.69) is 5.10 Å². The van der Waals surface area contributed by atoms with Crippen LogP contribution in [0.25, 0.3) is 0 Å². The smallest absolute Gasteiger partial charge is 0.323 e. The number of carboxylic acids is 1. The van der Waals surface area contributed by atoms with E-state index >= 15 is 0 Å². The highest BCUT2D eigenvalue weighted by Crippen LogP contribution is 2.10. The molecule has 1 unspecified atom stereocenters. The van der Waals surface area contributed by atoms with E-state index in [-0.39, 0.29) is 37.4 Å². The maximum absolute atomic E-state index is 12.4. The average molecular weight is 338 g/mol. The zero-order chi connectivity index (χ0) is 17.7. The Kier molecular flexibility index (Phi) is 5.91. The summed E-state index contributed by atoms with van der Waals surface area (Å²) in [5.74, 6) is -1.45. The molecule has 1 N–H and O–H groups in total. The van der Waals surface area contributed by atoms with Crippen LogP contribution in [0.1, 0.15) is 12.5 Å². The molecule has 2 heterocycles. The normalized spacial score (nSPS) is 17.6. The van der Waals surface area contributed by atoms with Gasteiger partial charge in [-0.25, -0.2) is 0 Å². The third-order valence-electron chi connectivity index (χ3n) is 3.80. The summed E-state index contributed by atoms with van der Waals surface area (Å²) in [6, 6.07) is 0. The van der Waals surface area contributed by atoms with Crippen LogP contribution in [-0.4, -0.2) is 81.4 Å². The molecule has 9 heteroatoms. The molecule has 1 aliphatic rings. The van der Waals surface area contributed by atoms with Crippen LogP contribution < -0.4 is 0 Å². The number of hydrogen-bond donors (Lipinski definition) is 1. The van der Waals surface area contributed by atoms with Crippen molar-refractivity contribution in [1.82, 2.24) is 19.6 Å². The van der Waals surface area contributed by atoms with Crippen molar-refractivity contribution >= 4 is 17.8 Å². The molecule has 0 aromatic carbocycles. The fourth-order valence-corrected chi connectivity index (χ4v) is 2.62. The highest BCUT2D eigenvalue weighted by Gasteiger charge is 2.27. The predicted molar refractivity (Wildman–Crippen MR) is 83.1 cm³/mol. The number of aryl methyl sites for hydroxylation is 1. The van der Waals surface area contributed by atoms with E-state index in [1.165, 1.54) is 11.8 Å². The van der Waals surface area contributed by atoms with E-state index in [1.54, 1.807) is 29.0 Å². The molecule has 2 amide bonds.